The molecule has 0 unspecified atom stereocenters. The van der Waals surface area contributed by atoms with Crippen molar-refractivity contribution in [2.45, 2.75) is 19.3 Å². The quantitative estimate of drug-likeness (QED) is 0.919. The van der Waals surface area contributed by atoms with E-state index in [0.29, 0.717) is 11.2 Å². The van der Waals surface area contributed by atoms with Gasteiger partial charge in [-0.05, 0) is 55.5 Å². The maximum absolute atomic E-state index is 12.3. The number of carbonyl (C=O) groups is 1. The van der Waals surface area contributed by atoms with Crippen molar-refractivity contribution >= 4 is 5.91 Å². The van der Waals surface area contributed by atoms with Crippen LogP contribution in [-0.4, -0.2) is 50.7 Å². The molecule has 2 fully saturated rings. The number of ether oxygens (including phenoxy) is 2. The van der Waals surface area contributed by atoms with Crippen molar-refractivity contribution in [3.63, 3.8) is 0 Å². The van der Waals surface area contributed by atoms with Gasteiger partial charge in [-0.2, -0.15) is 0 Å². The number of likely N-dealkylation sites (tertiary alicyclic amines) is 1. The number of hydrogen-bond acceptors (Lipinski definition) is 4. The van der Waals surface area contributed by atoms with E-state index >= 15 is 0 Å². The van der Waals surface area contributed by atoms with Gasteiger partial charge in [0.2, 0.25) is 0 Å². The minimum absolute atomic E-state index is 0.0802. The van der Waals surface area contributed by atoms with E-state index in [4.69, 9.17) is 9.47 Å². The van der Waals surface area contributed by atoms with Gasteiger partial charge >= 0.3 is 0 Å². The Bertz CT molecular complexity index is 499. The Hall–Kier alpha value is -1.75. The Morgan fingerprint density at radius 2 is 1.86 bits per heavy atom. The third-order valence-electron chi connectivity index (χ3n) is 4.93. The van der Waals surface area contributed by atoms with E-state index in [2.05, 4.69) is 5.32 Å². The van der Waals surface area contributed by atoms with E-state index in [0.717, 1.165) is 44.8 Å². The number of methoxy groups -OCH3 is 1. The summed E-state index contributed by atoms with van der Waals surface area (Å²) >= 11 is 0. The van der Waals surface area contributed by atoms with Crippen LogP contribution in [0.1, 0.15) is 19.3 Å². The molecule has 3 rings (SSSR count). The van der Waals surface area contributed by atoms with Crippen LogP contribution in [0.4, 0.5) is 0 Å². The summed E-state index contributed by atoms with van der Waals surface area (Å²) in [5, 5.41) is 3.44. The Morgan fingerprint density at radius 1 is 1.18 bits per heavy atom. The fraction of sp³-hybridized carbons (Fsp3) is 0.588. The number of rotatable bonds is 4. The van der Waals surface area contributed by atoms with E-state index in [1.165, 1.54) is 6.42 Å². The molecule has 0 atom stereocenters. The van der Waals surface area contributed by atoms with Crippen LogP contribution in [0, 0.1) is 5.41 Å². The second-order valence-corrected chi connectivity index (χ2v) is 6.27. The van der Waals surface area contributed by atoms with E-state index in [9.17, 15) is 4.79 Å². The average Bonchev–Trinajstić information content (AvgIpc) is 3.02. The van der Waals surface area contributed by atoms with Crippen molar-refractivity contribution in [3.05, 3.63) is 24.3 Å². The minimum Gasteiger partial charge on any atom is -0.497 e. The first-order valence-corrected chi connectivity index (χ1v) is 7.96. The lowest BCUT2D eigenvalue weighted by Gasteiger charge is -2.38. The normalized spacial score (nSPS) is 20.1. The third-order valence-corrected chi connectivity index (χ3v) is 4.93. The van der Waals surface area contributed by atoms with Gasteiger partial charge in [-0.25, -0.2) is 0 Å². The molecule has 22 heavy (non-hydrogen) atoms. The Labute approximate surface area is 131 Å². The Kier molecular flexibility index (Phi) is 4.52. The molecular weight excluding hydrogens is 280 g/mol. The van der Waals surface area contributed by atoms with Crippen LogP contribution in [-0.2, 0) is 4.79 Å². The largest absolute Gasteiger partial charge is 0.497 e. The van der Waals surface area contributed by atoms with E-state index < -0.39 is 0 Å². The lowest BCUT2D eigenvalue weighted by molar-refractivity contribution is -0.135. The number of hydrogen-bond donors (Lipinski definition) is 1. The number of nitrogens with zero attached hydrogens (tertiary/aromatic N) is 1. The van der Waals surface area contributed by atoms with Crippen LogP contribution in [0.15, 0.2) is 24.3 Å². The van der Waals surface area contributed by atoms with Gasteiger partial charge in [0.1, 0.15) is 11.5 Å². The number of nitrogens with one attached hydrogen (secondary N) is 1. The number of carbonyl (C=O) groups excluding carboxylic acids is 1. The van der Waals surface area contributed by atoms with Crippen LogP contribution in [0.5, 0.6) is 11.5 Å². The predicted octanol–water partition coefficient (Wildman–Crippen LogP) is 1.68. The summed E-state index contributed by atoms with van der Waals surface area (Å²) < 4.78 is 10.7. The van der Waals surface area contributed by atoms with Gasteiger partial charge in [0, 0.05) is 19.6 Å². The maximum Gasteiger partial charge on any atom is 0.260 e. The molecule has 1 amide bonds. The molecule has 1 aromatic carbocycles. The molecule has 1 spiro atoms. The van der Waals surface area contributed by atoms with Crippen molar-refractivity contribution < 1.29 is 14.3 Å². The average molecular weight is 304 g/mol. The molecule has 120 valence electrons. The summed E-state index contributed by atoms with van der Waals surface area (Å²) in [5.74, 6) is 1.56. The summed E-state index contributed by atoms with van der Waals surface area (Å²) in [4.78, 5) is 14.2. The lowest BCUT2D eigenvalue weighted by Crippen LogP contribution is -2.45. The zero-order valence-electron chi connectivity index (χ0n) is 13.1. The van der Waals surface area contributed by atoms with Crippen molar-refractivity contribution in [2.24, 2.45) is 5.41 Å². The monoisotopic (exact) mass is 304 g/mol. The highest BCUT2D eigenvalue weighted by atomic mass is 16.5. The Balaban J connectivity index is 1.46. The zero-order chi connectivity index (χ0) is 15.4. The second kappa shape index (κ2) is 6.57. The molecule has 0 aliphatic carbocycles. The molecule has 5 nitrogen and oxygen atoms in total. The fourth-order valence-electron chi connectivity index (χ4n) is 3.36. The van der Waals surface area contributed by atoms with Crippen LogP contribution in [0.2, 0.25) is 0 Å². The fourth-order valence-corrected chi connectivity index (χ4v) is 3.36. The van der Waals surface area contributed by atoms with Gasteiger partial charge in [0.05, 0.1) is 7.11 Å². The summed E-state index contributed by atoms with van der Waals surface area (Å²) in [6.07, 6.45) is 3.46. The molecule has 1 aromatic rings. The highest BCUT2D eigenvalue weighted by molar-refractivity contribution is 5.77. The molecular formula is C17H24N2O3. The van der Waals surface area contributed by atoms with Crippen molar-refractivity contribution in [2.75, 3.05) is 39.9 Å². The summed E-state index contributed by atoms with van der Waals surface area (Å²) in [5.41, 5.74) is 0.438. The first-order valence-electron chi connectivity index (χ1n) is 7.96. The van der Waals surface area contributed by atoms with Crippen LogP contribution < -0.4 is 14.8 Å². The zero-order valence-corrected chi connectivity index (χ0v) is 13.1. The van der Waals surface area contributed by atoms with E-state index in [1.807, 2.05) is 29.2 Å². The first-order chi connectivity index (χ1) is 10.7. The second-order valence-electron chi connectivity index (χ2n) is 6.27. The van der Waals surface area contributed by atoms with Gasteiger partial charge in [-0.15, -0.1) is 0 Å². The maximum atomic E-state index is 12.3. The van der Waals surface area contributed by atoms with Gasteiger partial charge in [0.25, 0.3) is 5.91 Å². The SMILES string of the molecule is COc1ccc(OCC(=O)N2CCC3(CCNC3)CC2)cc1. The summed E-state index contributed by atoms with van der Waals surface area (Å²) in [7, 11) is 1.63. The number of piperidine rings is 1. The van der Waals surface area contributed by atoms with Gasteiger partial charge < -0.3 is 19.7 Å². The van der Waals surface area contributed by atoms with Gasteiger partial charge in [-0.1, -0.05) is 0 Å². The van der Waals surface area contributed by atoms with Crippen LogP contribution in [0.25, 0.3) is 0 Å². The predicted molar refractivity (Wildman–Crippen MR) is 84.2 cm³/mol. The summed E-state index contributed by atoms with van der Waals surface area (Å²) in [6.45, 7) is 4.04. The third kappa shape index (κ3) is 3.35. The van der Waals surface area contributed by atoms with Crippen molar-refractivity contribution in [1.82, 2.24) is 10.2 Å². The first kappa shape index (κ1) is 15.2. The molecule has 2 saturated heterocycles. The molecule has 0 bridgehead atoms. The standard InChI is InChI=1S/C17H24N2O3/c1-21-14-2-4-15(5-3-14)22-12-16(20)19-10-7-17(8-11-19)6-9-18-13-17/h2-5,18H,6-13H2,1H3. The molecule has 0 radical (unpaired) electrons. The van der Waals surface area contributed by atoms with Gasteiger partial charge in [0.15, 0.2) is 6.61 Å². The van der Waals surface area contributed by atoms with Crippen molar-refractivity contribution in [3.8, 4) is 11.5 Å². The molecule has 0 saturated carbocycles. The van der Waals surface area contributed by atoms with Crippen LogP contribution in [0.3, 0.4) is 0 Å². The Morgan fingerprint density at radius 3 is 2.45 bits per heavy atom. The molecule has 1 N–H and O–H groups in total. The minimum atomic E-state index is 0.0802. The molecule has 2 aliphatic rings. The summed E-state index contributed by atoms with van der Waals surface area (Å²) in [6, 6.07) is 7.30. The highest BCUT2D eigenvalue weighted by Gasteiger charge is 2.37. The molecule has 2 heterocycles. The van der Waals surface area contributed by atoms with Crippen LogP contribution >= 0.6 is 0 Å². The van der Waals surface area contributed by atoms with Gasteiger partial charge in [-0.3, -0.25) is 4.79 Å². The topological polar surface area (TPSA) is 50.8 Å². The highest BCUT2D eigenvalue weighted by Crippen LogP contribution is 2.36. The number of amides is 1. The molecule has 0 aromatic heterocycles. The lowest BCUT2D eigenvalue weighted by atomic mass is 9.78. The smallest absolute Gasteiger partial charge is 0.260 e. The number of benzene rings is 1. The molecule has 2 aliphatic heterocycles. The van der Waals surface area contributed by atoms with E-state index in [1.54, 1.807) is 7.11 Å². The van der Waals surface area contributed by atoms with E-state index in [-0.39, 0.29) is 12.5 Å². The molecule has 5 heteroatoms. The van der Waals surface area contributed by atoms with Crippen molar-refractivity contribution in [1.29, 1.82) is 0 Å².